The predicted octanol–water partition coefficient (Wildman–Crippen LogP) is 3.76. The van der Waals surface area contributed by atoms with Gasteiger partial charge in [0.2, 0.25) is 5.91 Å². The van der Waals surface area contributed by atoms with Gasteiger partial charge in [0.15, 0.2) is 0 Å². The summed E-state index contributed by atoms with van der Waals surface area (Å²) in [4.78, 5) is 12.0. The van der Waals surface area contributed by atoms with E-state index in [1.165, 1.54) is 32.1 Å². The van der Waals surface area contributed by atoms with Crippen molar-refractivity contribution in [2.45, 2.75) is 65.7 Å². The van der Waals surface area contributed by atoms with E-state index in [0.717, 1.165) is 12.8 Å². The van der Waals surface area contributed by atoms with Crippen molar-refractivity contribution >= 4 is 5.91 Å². The minimum atomic E-state index is 0.220. The van der Waals surface area contributed by atoms with Crippen LogP contribution in [0.5, 0.6) is 0 Å². The van der Waals surface area contributed by atoms with Crippen LogP contribution in [-0.4, -0.2) is 13.0 Å². The molecule has 17 heavy (non-hydrogen) atoms. The molecule has 0 bridgehead atoms. The molecule has 1 saturated carbocycles. The molecule has 1 unspecified atom stereocenters. The molecule has 1 aliphatic carbocycles. The normalized spacial score (nSPS) is 22.1. The number of nitrogens with one attached hydrogen (secondary N) is 1. The molecule has 2 nitrogen and oxygen atoms in total. The molecular weight excluding hydrogens is 210 g/mol. The average molecular weight is 239 g/mol. The van der Waals surface area contributed by atoms with Crippen LogP contribution in [0.4, 0.5) is 0 Å². The fourth-order valence-corrected chi connectivity index (χ4v) is 3.17. The largest absolute Gasteiger partial charge is 0.359 e. The second kappa shape index (κ2) is 6.42. The van der Waals surface area contributed by atoms with Gasteiger partial charge in [-0.15, -0.1) is 0 Å². The Balaban J connectivity index is 2.59. The average Bonchev–Trinajstić information content (AvgIpc) is 2.73. The molecule has 0 saturated heterocycles. The first kappa shape index (κ1) is 14.5. The van der Waals surface area contributed by atoms with E-state index >= 15 is 0 Å². The minimum Gasteiger partial charge on any atom is -0.359 e. The maximum atomic E-state index is 12.0. The summed E-state index contributed by atoms with van der Waals surface area (Å²) in [5.41, 5.74) is 0.421. The molecule has 0 spiro atoms. The zero-order valence-electron chi connectivity index (χ0n) is 12.0. The van der Waals surface area contributed by atoms with Gasteiger partial charge in [-0.05, 0) is 37.0 Å². The van der Waals surface area contributed by atoms with E-state index in [2.05, 4.69) is 26.1 Å². The van der Waals surface area contributed by atoms with E-state index in [-0.39, 0.29) is 11.8 Å². The maximum Gasteiger partial charge on any atom is 0.222 e. The van der Waals surface area contributed by atoms with Crippen LogP contribution in [0.1, 0.15) is 65.7 Å². The van der Waals surface area contributed by atoms with Crippen LogP contribution in [0.2, 0.25) is 0 Å². The number of carbonyl (C=O) groups excluding carboxylic acids is 1. The topological polar surface area (TPSA) is 29.1 Å². The van der Waals surface area contributed by atoms with E-state index < -0.39 is 0 Å². The molecule has 0 aromatic heterocycles. The van der Waals surface area contributed by atoms with Crippen LogP contribution in [0.15, 0.2) is 0 Å². The molecule has 2 heteroatoms. The monoisotopic (exact) mass is 239 g/mol. The first-order valence-corrected chi connectivity index (χ1v) is 7.22. The first-order chi connectivity index (χ1) is 8.00. The second-order valence-electron chi connectivity index (χ2n) is 6.28. The van der Waals surface area contributed by atoms with Crippen molar-refractivity contribution in [1.29, 1.82) is 0 Å². The van der Waals surface area contributed by atoms with Crippen LogP contribution in [0, 0.1) is 17.3 Å². The van der Waals surface area contributed by atoms with Gasteiger partial charge in [0.25, 0.3) is 0 Å². The first-order valence-electron chi connectivity index (χ1n) is 7.22. The Kier molecular flexibility index (Phi) is 5.48. The van der Waals surface area contributed by atoms with Crippen molar-refractivity contribution in [2.75, 3.05) is 7.05 Å². The molecule has 1 rings (SSSR count). The Bertz CT molecular complexity index is 243. The van der Waals surface area contributed by atoms with E-state index in [1.54, 1.807) is 7.05 Å². The highest BCUT2D eigenvalue weighted by atomic mass is 16.1. The SMILES string of the molecule is CC[C@@H](C)CC(CC1(C)CCCC1)C(=O)NC. The van der Waals surface area contributed by atoms with Crippen molar-refractivity contribution in [1.82, 2.24) is 5.32 Å². The Morgan fingerprint density at radius 2 is 1.94 bits per heavy atom. The summed E-state index contributed by atoms with van der Waals surface area (Å²) >= 11 is 0. The zero-order valence-corrected chi connectivity index (χ0v) is 12.0. The van der Waals surface area contributed by atoms with Gasteiger partial charge in [-0.2, -0.15) is 0 Å². The summed E-state index contributed by atoms with van der Waals surface area (Å²) in [7, 11) is 1.77. The van der Waals surface area contributed by atoms with E-state index in [0.29, 0.717) is 11.3 Å². The Labute approximate surface area is 107 Å². The van der Waals surface area contributed by atoms with Gasteiger partial charge in [0.05, 0.1) is 0 Å². The van der Waals surface area contributed by atoms with Crippen molar-refractivity contribution < 1.29 is 4.79 Å². The van der Waals surface area contributed by atoms with Gasteiger partial charge in [0, 0.05) is 13.0 Å². The molecule has 0 aromatic rings. The second-order valence-corrected chi connectivity index (χ2v) is 6.28. The number of carbonyl (C=O) groups is 1. The molecule has 1 aliphatic rings. The lowest BCUT2D eigenvalue weighted by Gasteiger charge is -2.29. The summed E-state index contributed by atoms with van der Waals surface area (Å²) in [5, 5.41) is 2.85. The lowest BCUT2D eigenvalue weighted by atomic mass is 9.76. The van der Waals surface area contributed by atoms with Gasteiger partial charge in [-0.1, -0.05) is 40.0 Å². The third kappa shape index (κ3) is 4.33. The number of hydrogen-bond acceptors (Lipinski definition) is 1. The van der Waals surface area contributed by atoms with Gasteiger partial charge >= 0.3 is 0 Å². The van der Waals surface area contributed by atoms with Crippen molar-refractivity contribution in [3.8, 4) is 0 Å². The van der Waals surface area contributed by atoms with Crippen molar-refractivity contribution in [3.63, 3.8) is 0 Å². The maximum absolute atomic E-state index is 12.0. The molecule has 0 heterocycles. The molecule has 1 fully saturated rings. The highest BCUT2D eigenvalue weighted by Gasteiger charge is 2.34. The molecule has 0 radical (unpaired) electrons. The van der Waals surface area contributed by atoms with E-state index in [1.807, 2.05) is 0 Å². The highest BCUT2D eigenvalue weighted by molar-refractivity contribution is 5.78. The predicted molar refractivity (Wildman–Crippen MR) is 72.8 cm³/mol. The number of hydrogen-bond donors (Lipinski definition) is 1. The molecule has 0 aliphatic heterocycles. The van der Waals surface area contributed by atoms with Crippen molar-refractivity contribution in [3.05, 3.63) is 0 Å². The Morgan fingerprint density at radius 3 is 2.41 bits per heavy atom. The van der Waals surface area contributed by atoms with Crippen LogP contribution in [0.25, 0.3) is 0 Å². The zero-order chi connectivity index (χ0) is 12.9. The van der Waals surface area contributed by atoms with Gasteiger partial charge in [0.1, 0.15) is 0 Å². The molecule has 100 valence electrons. The summed E-state index contributed by atoms with van der Waals surface area (Å²) in [5.74, 6) is 1.12. The summed E-state index contributed by atoms with van der Waals surface area (Å²) < 4.78 is 0. The molecule has 0 aromatic carbocycles. The molecular formula is C15H29NO. The molecule has 1 N–H and O–H groups in total. The van der Waals surface area contributed by atoms with Crippen LogP contribution in [0.3, 0.4) is 0 Å². The number of rotatable bonds is 6. The fourth-order valence-electron chi connectivity index (χ4n) is 3.17. The minimum absolute atomic E-state index is 0.220. The lowest BCUT2D eigenvalue weighted by Crippen LogP contribution is -2.32. The van der Waals surface area contributed by atoms with Gasteiger partial charge in [-0.25, -0.2) is 0 Å². The number of amides is 1. The third-order valence-electron chi connectivity index (χ3n) is 4.55. The lowest BCUT2D eigenvalue weighted by molar-refractivity contribution is -0.126. The van der Waals surface area contributed by atoms with Crippen LogP contribution in [-0.2, 0) is 4.79 Å². The van der Waals surface area contributed by atoms with Gasteiger partial charge in [-0.3, -0.25) is 4.79 Å². The van der Waals surface area contributed by atoms with Crippen molar-refractivity contribution in [2.24, 2.45) is 17.3 Å². The molecule has 2 atom stereocenters. The van der Waals surface area contributed by atoms with E-state index in [9.17, 15) is 4.79 Å². The highest BCUT2D eigenvalue weighted by Crippen LogP contribution is 2.43. The van der Waals surface area contributed by atoms with Crippen LogP contribution >= 0.6 is 0 Å². The fraction of sp³-hybridized carbons (Fsp3) is 0.933. The third-order valence-corrected chi connectivity index (χ3v) is 4.55. The smallest absolute Gasteiger partial charge is 0.222 e. The molecule has 1 amide bonds. The summed E-state index contributed by atoms with van der Waals surface area (Å²) in [6, 6.07) is 0. The summed E-state index contributed by atoms with van der Waals surface area (Å²) in [6.07, 6.45) is 8.61. The van der Waals surface area contributed by atoms with Crippen LogP contribution < -0.4 is 5.32 Å². The standard InChI is InChI=1S/C15H29NO/c1-5-12(2)10-13(14(17)16-4)11-15(3)8-6-7-9-15/h12-13H,5-11H2,1-4H3,(H,16,17)/t12-,13?/m1/s1. The Morgan fingerprint density at radius 1 is 1.35 bits per heavy atom. The Hall–Kier alpha value is -0.530. The van der Waals surface area contributed by atoms with Gasteiger partial charge < -0.3 is 5.32 Å². The summed E-state index contributed by atoms with van der Waals surface area (Å²) in [6.45, 7) is 6.84. The quantitative estimate of drug-likeness (QED) is 0.751. The van der Waals surface area contributed by atoms with E-state index in [4.69, 9.17) is 0 Å².